The van der Waals surface area contributed by atoms with E-state index in [4.69, 9.17) is 4.74 Å². The lowest BCUT2D eigenvalue weighted by molar-refractivity contribution is -0.140. The highest BCUT2D eigenvalue weighted by Crippen LogP contribution is 2.23. The number of aryl methyl sites for hydroxylation is 1. The third kappa shape index (κ3) is 8.40. The Labute approximate surface area is 236 Å². The van der Waals surface area contributed by atoms with Crippen molar-refractivity contribution >= 4 is 21.8 Å². The molecule has 1 aliphatic carbocycles. The second-order valence-corrected chi connectivity index (χ2v) is 11.8. The van der Waals surface area contributed by atoms with E-state index in [1.807, 2.05) is 54.6 Å². The van der Waals surface area contributed by atoms with Crippen LogP contribution in [-0.4, -0.2) is 50.9 Å². The summed E-state index contributed by atoms with van der Waals surface area (Å²) in [6, 6.07) is 23.3. The molecule has 4 rings (SSSR count). The molecule has 8 nitrogen and oxygen atoms in total. The van der Waals surface area contributed by atoms with Gasteiger partial charge >= 0.3 is 0 Å². The predicted molar refractivity (Wildman–Crippen MR) is 154 cm³/mol. The summed E-state index contributed by atoms with van der Waals surface area (Å²) in [7, 11) is -1.93. The molecule has 0 unspecified atom stereocenters. The second kappa shape index (κ2) is 13.6. The summed E-state index contributed by atoms with van der Waals surface area (Å²) in [5.41, 5.74) is 2.86. The van der Waals surface area contributed by atoms with Crippen LogP contribution in [-0.2, 0) is 39.0 Å². The molecule has 0 bridgehead atoms. The summed E-state index contributed by atoms with van der Waals surface area (Å²) < 4.78 is 32.8. The number of sulfonamides is 1. The molecule has 1 aliphatic rings. The fraction of sp³-hybridized carbons (Fsp3) is 0.355. The van der Waals surface area contributed by atoms with Crippen LogP contribution < -0.4 is 14.8 Å². The first kappa shape index (κ1) is 29.3. The van der Waals surface area contributed by atoms with Crippen molar-refractivity contribution in [3.63, 3.8) is 0 Å². The van der Waals surface area contributed by atoms with Crippen LogP contribution in [0, 0.1) is 0 Å². The second-order valence-electron chi connectivity index (χ2n) is 10.1. The molecular weight excluding hydrogens is 526 g/mol. The minimum absolute atomic E-state index is 0.0384. The summed E-state index contributed by atoms with van der Waals surface area (Å²) >= 11 is 0. The Morgan fingerprint density at radius 2 is 1.52 bits per heavy atom. The van der Waals surface area contributed by atoms with E-state index in [0.717, 1.165) is 29.5 Å². The lowest BCUT2D eigenvalue weighted by atomic mass is 10.1. The predicted octanol–water partition coefficient (Wildman–Crippen LogP) is 3.84. The number of ether oxygens (including phenoxy) is 1. The largest absolute Gasteiger partial charge is 0.497 e. The SMILES string of the molecule is COc1ccc(CN(C(=O)CCc2ccc(S(=O)(=O)NC3CC3)cc2)[C@@H](C)C(=O)NCCc2ccccc2)cc1. The van der Waals surface area contributed by atoms with Crippen LogP contribution in [0.1, 0.15) is 42.9 Å². The molecular formula is C31H37N3O5S. The quantitative estimate of drug-likeness (QED) is 0.310. The smallest absolute Gasteiger partial charge is 0.242 e. The van der Waals surface area contributed by atoms with Gasteiger partial charge in [-0.05, 0) is 73.6 Å². The van der Waals surface area contributed by atoms with Gasteiger partial charge in [0.1, 0.15) is 11.8 Å². The number of carbonyl (C=O) groups excluding carboxylic acids is 2. The van der Waals surface area contributed by atoms with Gasteiger partial charge in [-0.15, -0.1) is 0 Å². The molecule has 40 heavy (non-hydrogen) atoms. The highest BCUT2D eigenvalue weighted by molar-refractivity contribution is 7.89. The van der Waals surface area contributed by atoms with Gasteiger partial charge in [0.25, 0.3) is 0 Å². The molecule has 9 heteroatoms. The number of hydrogen-bond acceptors (Lipinski definition) is 5. The van der Waals surface area contributed by atoms with Crippen molar-refractivity contribution in [1.29, 1.82) is 0 Å². The Bertz CT molecular complexity index is 1370. The lowest BCUT2D eigenvalue weighted by Crippen LogP contribution is -2.48. The fourth-order valence-electron chi connectivity index (χ4n) is 4.35. The molecule has 0 spiro atoms. The van der Waals surface area contributed by atoms with Crippen LogP contribution in [0.15, 0.2) is 83.8 Å². The van der Waals surface area contributed by atoms with Gasteiger partial charge in [-0.3, -0.25) is 9.59 Å². The molecule has 0 radical (unpaired) electrons. The van der Waals surface area contributed by atoms with E-state index in [9.17, 15) is 18.0 Å². The Morgan fingerprint density at radius 3 is 2.15 bits per heavy atom. The van der Waals surface area contributed by atoms with E-state index < -0.39 is 16.1 Å². The number of rotatable bonds is 14. The molecule has 2 N–H and O–H groups in total. The van der Waals surface area contributed by atoms with Gasteiger partial charge in [-0.1, -0.05) is 54.6 Å². The average Bonchev–Trinajstić information content (AvgIpc) is 3.78. The van der Waals surface area contributed by atoms with Gasteiger partial charge in [-0.2, -0.15) is 0 Å². The van der Waals surface area contributed by atoms with Crippen molar-refractivity contribution in [2.75, 3.05) is 13.7 Å². The molecule has 0 saturated heterocycles. The average molecular weight is 564 g/mol. The van der Waals surface area contributed by atoms with Crippen LogP contribution in [0.5, 0.6) is 5.75 Å². The van der Waals surface area contributed by atoms with Crippen LogP contribution in [0.25, 0.3) is 0 Å². The zero-order valence-electron chi connectivity index (χ0n) is 23.0. The van der Waals surface area contributed by atoms with Crippen molar-refractivity contribution in [3.8, 4) is 5.75 Å². The van der Waals surface area contributed by atoms with Crippen molar-refractivity contribution in [2.24, 2.45) is 0 Å². The zero-order valence-corrected chi connectivity index (χ0v) is 23.8. The van der Waals surface area contributed by atoms with Crippen LogP contribution in [0.3, 0.4) is 0 Å². The molecule has 3 aromatic carbocycles. The van der Waals surface area contributed by atoms with Crippen molar-refractivity contribution < 1.29 is 22.7 Å². The molecule has 3 aromatic rings. The Morgan fingerprint density at radius 1 is 0.900 bits per heavy atom. The first-order chi connectivity index (χ1) is 19.2. The lowest BCUT2D eigenvalue weighted by Gasteiger charge is -2.29. The fourth-order valence-corrected chi connectivity index (χ4v) is 5.66. The van der Waals surface area contributed by atoms with Gasteiger partial charge in [0, 0.05) is 25.6 Å². The number of carbonyl (C=O) groups is 2. The topological polar surface area (TPSA) is 105 Å². The summed E-state index contributed by atoms with van der Waals surface area (Å²) in [6.07, 6.45) is 3.06. The van der Waals surface area contributed by atoms with Gasteiger partial charge < -0.3 is 15.0 Å². The van der Waals surface area contributed by atoms with Gasteiger partial charge in [0.2, 0.25) is 21.8 Å². The van der Waals surface area contributed by atoms with E-state index in [1.165, 1.54) is 0 Å². The zero-order chi connectivity index (χ0) is 28.5. The van der Waals surface area contributed by atoms with Crippen LogP contribution >= 0.6 is 0 Å². The Kier molecular flexibility index (Phi) is 9.95. The van der Waals surface area contributed by atoms with E-state index in [-0.39, 0.29) is 35.7 Å². The number of benzene rings is 3. The van der Waals surface area contributed by atoms with E-state index >= 15 is 0 Å². The maximum atomic E-state index is 13.5. The normalized spacial score (nSPS) is 13.8. The molecule has 212 valence electrons. The number of amides is 2. The molecule has 1 fully saturated rings. The Hall–Kier alpha value is -3.69. The third-order valence-corrected chi connectivity index (χ3v) is 8.53. The summed E-state index contributed by atoms with van der Waals surface area (Å²) in [5.74, 6) is 0.343. The number of methoxy groups -OCH3 is 1. The van der Waals surface area contributed by atoms with E-state index in [0.29, 0.717) is 25.1 Å². The monoisotopic (exact) mass is 563 g/mol. The molecule has 0 aliphatic heterocycles. The molecule has 1 saturated carbocycles. The molecule has 0 aromatic heterocycles. The third-order valence-electron chi connectivity index (χ3n) is 7.00. The van der Waals surface area contributed by atoms with Gasteiger partial charge in [-0.25, -0.2) is 13.1 Å². The minimum atomic E-state index is -3.52. The van der Waals surface area contributed by atoms with Crippen LogP contribution in [0.4, 0.5) is 0 Å². The van der Waals surface area contributed by atoms with Crippen LogP contribution in [0.2, 0.25) is 0 Å². The Balaban J connectivity index is 1.39. The number of nitrogens with zero attached hydrogens (tertiary/aromatic N) is 1. The standard InChI is InChI=1S/C31H37N3O5S/c1-23(31(36)32-21-20-24-6-4-3-5-7-24)34(22-26-8-15-28(39-2)16-9-26)30(35)19-12-25-10-17-29(18-11-25)40(37,38)33-27-13-14-27/h3-11,15-18,23,27,33H,12-14,19-22H2,1-2H3,(H,32,36)/t23-/m0/s1. The molecule has 2 amide bonds. The van der Waals surface area contributed by atoms with Crippen molar-refractivity contribution in [1.82, 2.24) is 14.9 Å². The molecule has 1 atom stereocenters. The van der Waals surface area contributed by atoms with E-state index in [1.54, 1.807) is 43.2 Å². The van der Waals surface area contributed by atoms with Crippen molar-refractivity contribution in [2.45, 2.75) is 62.6 Å². The number of nitrogens with one attached hydrogen (secondary N) is 2. The highest BCUT2D eigenvalue weighted by atomic mass is 32.2. The summed E-state index contributed by atoms with van der Waals surface area (Å²) in [4.78, 5) is 28.3. The summed E-state index contributed by atoms with van der Waals surface area (Å²) in [5, 5.41) is 2.97. The maximum Gasteiger partial charge on any atom is 0.242 e. The molecule has 0 heterocycles. The minimum Gasteiger partial charge on any atom is -0.497 e. The first-order valence-electron chi connectivity index (χ1n) is 13.6. The number of hydrogen-bond donors (Lipinski definition) is 2. The summed E-state index contributed by atoms with van der Waals surface area (Å²) in [6.45, 7) is 2.49. The van der Waals surface area contributed by atoms with Gasteiger partial charge in [0.05, 0.1) is 12.0 Å². The van der Waals surface area contributed by atoms with E-state index in [2.05, 4.69) is 10.0 Å². The van der Waals surface area contributed by atoms with Gasteiger partial charge in [0.15, 0.2) is 0 Å². The van der Waals surface area contributed by atoms with Crippen molar-refractivity contribution in [3.05, 3.63) is 95.6 Å². The first-order valence-corrected chi connectivity index (χ1v) is 15.1. The maximum absolute atomic E-state index is 13.5. The highest BCUT2D eigenvalue weighted by Gasteiger charge is 2.28.